The predicted octanol–water partition coefficient (Wildman–Crippen LogP) is 0.0186. The lowest BCUT2D eigenvalue weighted by molar-refractivity contribution is -0.181. The number of benzene rings is 1. The summed E-state index contributed by atoms with van der Waals surface area (Å²) >= 11 is 0. The molecule has 2 saturated carbocycles. The molecular formula is C26H28N2O7. The first-order valence-electron chi connectivity index (χ1n) is 11.6. The highest BCUT2D eigenvalue weighted by atomic mass is 16.3. The third kappa shape index (κ3) is 3.51. The van der Waals surface area contributed by atoms with E-state index >= 15 is 0 Å². The first-order valence-corrected chi connectivity index (χ1v) is 11.6. The topological polar surface area (TPSA) is 155 Å². The summed E-state index contributed by atoms with van der Waals surface area (Å²) < 4.78 is 0. The zero-order valence-electron chi connectivity index (χ0n) is 19.8. The molecule has 4 rings (SSSR count). The molecule has 1 aromatic rings. The van der Waals surface area contributed by atoms with E-state index in [1.807, 2.05) is 6.92 Å². The summed E-state index contributed by atoms with van der Waals surface area (Å²) in [6.07, 6.45) is 1.72. The van der Waals surface area contributed by atoms with Crippen LogP contribution in [0.15, 0.2) is 12.1 Å². The number of amides is 1. The average Bonchev–Trinajstić information content (AvgIpc) is 2.77. The maximum absolute atomic E-state index is 13.7. The Kier molecular flexibility index (Phi) is 6.16. The van der Waals surface area contributed by atoms with Crippen LogP contribution in [0.1, 0.15) is 47.7 Å². The number of nitrogens with two attached hydrogens (primary N) is 1. The molecule has 2 fully saturated rings. The van der Waals surface area contributed by atoms with E-state index in [4.69, 9.17) is 5.73 Å². The number of carbonyl (C=O) groups is 5. The molecule has 0 aliphatic heterocycles. The molecule has 35 heavy (non-hydrogen) atoms. The van der Waals surface area contributed by atoms with Crippen molar-refractivity contribution >= 4 is 29.0 Å². The molecule has 9 heteroatoms. The van der Waals surface area contributed by atoms with Crippen LogP contribution < -0.4 is 5.73 Å². The molecular weight excluding hydrogens is 452 g/mol. The summed E-state index contributed by atoms with van der Waals surface area (Å²) in [7, 11) is 3.10. The van der Waals surface area contributed by atoms with Crippen LogP contribution in [0.25, 0.3) is 0 Å². The maximum Gasteiger partial charge on any atom is 0.235 e. The van der Waals surface area contributed by atoms with Gasteiger partial charge in [-0.2, -0.15) is 0 Å². The van der Waals surface area contributed by atoms with Gasteiger partial charge in [0.1, 0.15) is 5.75 Å². The number of likely N-dealkylation sites (N-methyl/N-ethyl adjacent to an activating group) is 1. The van der Waals surface area contributed by atoms with Gasteiger partial charge in [0.05, 0.1) is 17.5 Å². The van der Waals surface area contributed by atoms with Crippen molar-refractivity contribution in [3.8, 4) is 17.6 Å². The number of phenolic OH excluding ortho intramolecular Hbond substituents is 1. The number of carbonyl (C=O) groups excluding carboxylic acids is 5. The minimum Gasteiger partial charge on any atom is -0.507 e. The Balaban J connectivity index is 1.86. The fourth-order valence-electron chi connectivity index (χ4n) is 6.00. The van der Waals surface area contributed by atoms with Crippen LogP contribution in [-0.4, -0.2) is 69.9 Å². The number of aliphatic hydroxyl groups is 1. The summed E-state index contributed by atoms with van der Waals surface area (Å²) in [5.74, 6) is -4.43. The number of hydrogen-bond acceptors (Lipinski definition) is 8. The zero-order chi connectivity index (χ0) is 25.8. The molecule has 184 valence electrons. The lowest BCUT2D eigenvalue weighted by Gasteiger charge is -2.52. The van der Waals surface area contributed by atoms with E-state index in [1.54, 1.807) is 20.2 Å². The van der Waals surface area contributed by atoms with Gasteiger partial charge in [-0.05, 0) is 57.0 Å². The standard InChI is InChI=1S/C26H28N2O7/c1-4-5-6-7-12-8-9-16(29)18-14(12)10-13-11-15-20(28(2)3)22(31)19(25(27)34)24(33)26(15,35)23(32)17(13)21(18)30/h8-9,13,15,17,19-20,29,35H,4-5,10-11H2,1-3H3,(H2,27,34)/t13?,15?,17?,19?,20-,26-/m0/s1. The number of ketones is 4. The van der Waals surface area contributed by atoms with E-state index in [-0.39, 0.29) is 24.2 Å². The van der Waals surface area contributed by atoms with Gasteiger partial charge in [-0.25, -0.2) is 0 Å². The number of primary amides is 1. The number of Topliss-reactive ketones (excluding diaryl/α,β-unsaturated/α-hetero) is 4. The van der Waals surface area contributed by atoms with Gasteiger partial charge in [-0.1, -0.05) is 18.8 Å². The molecule has 0 radical (unpaired) electrons. The number of unbranched alkanes of at least 4 members (excludes halogenated alkanes) is 1. The molecule has 0 saturated heterocycles. The van der Waals surface area contributed by atoms with Gasteiger partial charge >= 0.3 is 0 Å². The summed E-state index contributed by atoms with van der Waals surface area (Å²) in [5.41, 5.74) is 3.64. The van der Waals surface area contributed by atoms with E-state index in [0.717, 1.165) is 6.42 Å². The first-order chi connectivity index (χ1) is 16.5. The smallest absolute Gasteiger partial charge is 0.235 e. The lowest BCUT2D eigenvalue weighted by atomic mass is 9.52. The average molecular weight is 481 g/mol. The van der Waals surface area contributed by atoms with Crippen molar-refractivity contribution in [2.75, 3.05) is 14.1 Å². The van der Waals surface area contributed by atoms with Crippen molar-refractivity contribution in [2.45, 2.75) is 44.2 Å². The van der Waals surface area contributed by atoms with E-state index in [9.17, 15) is 34.2 Å². The van der Waals surface area contributed by atoms with Crippen LogP contribution in [0.5, 0.6) is 5.75 Å². The monoisotopic (exact) mass is 480 g/mol. The molecule has 1 aromatic carbocycles. The molecule has 4 N–H and O–H groups in total. The van der Waals surface area contributed by atoms with Gasteiger partial charge in [-0.3, -0.25) is 28.9 Å². The predicted molar refractivity (Wildman–Crippen MR) is 123 cm³/mol. The van der Waals surface area contributed by atoms with Gasteiger partial charge in [0, 0.05) is 17.9 Å². The van der Waals surface area contributed by atoms with Crippen LogP contribution in [0.2, 0.25) is 0 Å². The van der Waals surface area contributed by atoms with Crippen molar-refractivity contribution in [1.29, 1.82) is 0 Å². The van der Waals surface area contributed by atoms with Crippen molar-refractivity contribution in [3.63, 3.8) is 0 Å². The molecule has 0 aromatic heterocycles. The Hall–Kier alpha value is -3.35. The largest absolute Gasteiger partial charge is 0.507 e. The van der Waals surface area contributed by atoms with E-state index in [1.165, 1.54) is 11.0 Å². The van der Waals surface area contributed by atoms with Gasteiger partial charge in [0.2, 0.25) is 5.91 Å². The SMILES string of the molecule is CCCC#Cc1ccc(O)c2c1CC1CC3[C@H](N(C)C)C(=O)C(C(N)=O)C(=O)[C@@]3(O)C(=O)C1C2=O. The number of rotatable bonds is 3. The van der Waals surface area contributed by atoms with Crippen molar-refractivity contribution in [1.82, 2.24) is 4.90 Å². The van der Waals surface area contributed by atoms with Gasteiger partial charge in [0.25, 0.3) is 0 Å². The third-order valence-electron chi connectivity index (χ3n) is 7.54. The zero-order valence-corrected chi connectivity index (χ0v) is 19.8. The fraction of sp³-hybridized carbons (Fsp3) is 0.500. The second-order valence-corrected chi connectivity index (χ2v) is 9.83. The normalized spacial score (nSPS) is 31.9. The summed E-state index contributed by atoms with van der Waals surface area (Å²) in [4.78, 5) is 67.0. The number of nitrogens with zero attached hydrogens (tertiary/aromatic N) is 1. The highest BCUT2D eigenvalue weighted by molar-refractivity contribution is 6.32. The van der Waals surface area contributed by atoms with Crippen LogP contribution >= 0.6 is 0 Å². The van der Waals surface area contributed by atoms with Crippen LogP contribution in [-0.2, 0) is 25.6 Å². The van der Waals surface area contributed by atoms with Crippen molar-refractivity contribution in [3.05, 3.63) is 28.8 Å². The Bertz CT molecular complexity index is 1220. The second-order valence-electron chi connectivity index (χ2n) is 9.83. The summed E-state index contributed by atoms with van der Waals surface area (Å²) in [6.45, 7) is 1.99. The van der Waals surface area contributed by atoms with E-state index in [2.05, 4.69) is 11.8 Å². The summed E-state index contributed by atoms with van der Waals surface area (Å²) in [5, 5.41) is 22.0. The molecule has 0 bridgehead atoms. The molecule has 0 heterocycles. The number of fused-ring (bicyclic) bond motifs is 3. The van der Waals surface area contributed by atoms with Crippen molar-refractivity contribution in [2.24, 2.45) is 29.4 Å². The van der Waals surface area contributed by atoms with Gasteiger partial charge in [0.15, 0.2) is 34.7 Å². The second kappa shape index (κ2) is 8.70. The van der Waals surface area contributed by atoms with E-state index in [0.29, 0.717) is 17.5 Å². The van der Waals surface area contributed by atoms with Gasteiger partial charge in [-0.15, -0.1) is 0 Å². The molecule has 4 unspecified atom stereocenters. The van der Waals surface area contributed by atoms with Crippen LogP contribution in [0.4, 0.5) is 0 Å². The lowest BCUT2D eigenvalue weighted by Crippen LogP contribution is -2.74. The molecule has 3 aliphatic rings. The molecule has 1 amide bonds. The Morgan fingerprint density at radius 3 is 2.49 bits per heavy atom. The van der Waals surface area contributed by atoms with E-state index < -0.39 is 64.4 Å². The highest BCUT2D eigenvalue weighted by Gasteiger charge is 2.69. The minimum absolute atomic E-state index is 0.0153. The summed E-state index contributed by atoms with van der Waals surface area (Å²) in [6, 6.07) is 1.84. The maximum atomic E-state index is 13.7. The Morgan fingerprint density at radius 1 is 1.20 bits per heavy atom. The Labute approximate surface area is 202 Å². The quantitative estimate of drug-likeness (QED) is 0.404. The molecule has 3 aliphatic carbocycles. The fourth-order valence-corrected chi connectivity index (χ4v) is 6.00. The molecule has 6 atom stereocenters. The Morgan fingerprint density at radius 2 is 1.89 bits per heavy atom. The number of aromatic hydroxyl groups is 1. The van der Waals surface area contributed by atoms with Crippen molar-refractivity contribution < 1.29 is 34.2 Å². The third-order valence-corrected chi connectivity index (χ3v) is 7.54. The van der Waals surface area contributed by atoms with Crippen LogP contribution in [0, 0.1) is 35.5 Å². The molecule has 0 spiro atoms. The van der Waals surface area contributed by atoms with Gasteiger partial charge < -0.3 is 15.9 Å². The molecule has 9 nitrogen and oxygen atoms in total. The number of hydrogen-bond donors (Lipinski definition) is 3. The highest BCUT2D eigenvalue weighted by Crippen LogP contribution is 2.50. The number of phenols is 1. The minimum atomic E-state index is -2.72. The first kappa shape index (κ1) is 24.8. The van der Waals surface area contributed by atoms with Crippen LogP contribution in [0.3, 0.4) is 0 Å².